The molecule has 0 bridgehead atoms. The van der Waals surface area contributed by atoms with Crippen LogP contribution in [0.2, 0.25) is 0 Å². The first kappa shape index (κ1) is 45.3. The molecule has 10 rings (SSSR count). The van der Waals surface area contributed by atoms with Gasteiger partial charge in [0.05, 0.1) is 30.1 Å². The topological polar surface area (TPSA) is 132 Å². The number of phenolic OH excluding ortho intramolecular Hbond substituents is 1. The number of aryl methyl sites for hydroxylation is 1. The molecule has 4 aromatic heterocycles. The summed E-state index contributed by atoms with van der Waals surface area (Å²) in [6.07, 6.45) is 6.74. The van der Waals surface area contributed by atoms with E-state index in [2.05, 4.69) is 102 Å². The van der Waals surface area contributed by atoms with Gasteiger partial charge >= 0.3 is 0 Å². The number of hydrogen-bond donors (Lipinski definition) is 4. The van der Waals surface area contributed by atoms with Crippen molar-refractivity contribution in [3.63, 3.8) is 0 Å². The fourth-order valence-corrected chi connectivity index (χ4v) is 10.6. The molecule has 0 spiro atoms. The summed E-state index contributed by atoms with van der Waals surface area (Å²) in [6, 6.07) is 34.4. The van der Waals surface area contributed by atoms with Gasteiger partial charge in [-0.25, -0.2) is 24.3 Å². The molecule has 6 heterocycles. The van der Waals surface area contributed by atoms with Gasteiger partial charge in [-0.1, -0.05) is 103 Å². The van der Waals surface area contributed by atoms with E-state index < -0.39 is 11.9 Å². The Morgan fingerprint density at radius 3 is 1.82 bits per heavy atom. The number of para-hydroxylation sites is 1. The third kappa shape index (κ3) is 10.9. The molecule has 0 amide bonds. The van der Waals surface area contributed by atoms with Crippen LogP contribution in [0.15, 0.2) is 127 Å². The summed E-state index contributed by atoms with van der Waals surface area (Å²) in [7, 11) is 0. The average Bonchev–Trinajstić information content (AvgIpc) is 4.01. The molecule has 4 aromatic carbocycles. The number of aliphatic hydroxyl groups excluding tert-OH is 1. The molecule has 2 saturated heterocycles. The maximum Gasteiger partial charge on any atom is 0.165 e. The number of piperidine rings is 2. The number of rotatable bonds is 14. The fraction of sp³-hybridized carbons (Fsp3) is 0.308. The van der Waals surface area contributed by atoms with Crippen molar-refractivity contribution in [1.29, 1.82) is 0 Å². The zero-order valence-corrected chi connectivity index (χ0v) is 38.7. The summed E-state index contributed by atoms with van der Waals surface area (Å²) in [5.41, 5.74) is 7.72. The molecule has 66 heavy (non-hydrogen) atoms. The van der Waals surface area contributed by atoms with Crippen LogP contribution in [-0.2, 0) is 17.9 Å². The summed E-state index contributed by atoms with van der Waals surface area (Å²) in [5, 5.41) is 33.8. The third-order valence-electron chi connectivity index (χ3n) is 12.5. The van der Waals surface area contributed by atoms with Crippen molar-refractivity contribution in [2.24, 2.45) is 0 Å². The Bertz CT molecular complexity index is 2800. The van der Waals surface area contributed by atoms with Gasteiger partial charge < -0.3 is 35.4 Å². The molecule has 0 radical (unpaired) electrons. The molecule has 2 aliphatic rings. The Labute approximate surface area is 393 Å². The molecule has 0 saturated carbocycles. The van der Waals surface area contributed by atoms with Crippen molar-refractivity contribution in [3.05, 3.63) is 149 Å². The standard InChI is InChI=1S/C27H30N4O2S.C25H25FN4OS/c32-23(17-33-16-20-7-3-1-4-8-20)15-28-22-11-13-31(14-12-22)26-25-24(21-9-5-2-6-10-21)18-34-27(25)30-19-29-26;1-16-5-7-17(8-6-16)20-14-32-25-22(20)24(28-15-29-25)30-11-9-19(10-12-30)27-13-18-3-2-4-21(26)23(18)31/h1-10,18-19,22-23,28,32H,11-17H2;2-8,14-15,19,27,31H,9-13H2,1H3. The van der Waals surface area contributed by atoms with Crippen LogP contribution in [0.5, 0.6) is 5.75 Å². The van der Waals surface area contributed by atoms with Crippen LogP contribution < -0.4 is 20.4 Å². The number of ether oxygens (including phenoxy) is 1. The summed E-state index contributed by atoms with van der Waals surface area (Å²) >= 11 is 3.33. The van der Waals surface area contributed by atoms with Gasteiger partial charge in [-0.05, 0) is 55.4 Å². The Morgan fingerprint density at radius 2 is 1.23 bits per heavy atom. The highest BCUT2D eigenvalue weighted by molar-refractivity contribution is 7.17. The summed E-state index contributed by atoms with van der Waals surface area (Å²) in [6.45, 7) is 7.55. The minimum absolute atomic E-state index is 0.262. The van der Waals surface area contributed by atoms with E-state index in [4.69, 9.17) is 9.72 Å². The number of phenols is 1. The number of hydrogen-bond acceptors (Lipinski definition) is 13. The summed E-state index contributed by atoms with van der Waals surface area (Å²) in [4.78, 5) is 25.1. The number of aliphatic hydroxyl groups is 1. The fourth-order valence-electron chi connectivity index (χ4n) is 8.77. The van der Waals surface area contributed by atoms with E-state index in [1.807, 2.05) is 36.4 Å². The van der Waals surface area contributed by atoms with Crippen LogP contribution in [0.25, 0.3) is 42.7 Å². The zero-order chi connectivity index (χ0) is 45.2. The first-order valence-corrected chi connectivity index (χ1v) is 24.4. The van der Waals surface area contributed by atoms with Crippen molar-refractivity contribution < 1.29 is 19.3 Å². The van der Waals surface area contributed by atoms with Crippen LogP contribution in [0.4, 0.5) is 16.0 Å². The van der Waals surface area contributed by atoms with Crippen molar-refractivity contribution in [3.8, 4) is 28.0 Å². The number of anilines is 2. The largest absolute Gasteiger partial charge is 0.505 e. The molecular weight excluding hydrogens is 868 g/mol. The number of nitrogens with one attached hydrogen (secondary N) is 2. The normalized spacial score (nSPS) is 15.3. The lowest BCUT2D eigenvalue weighted by atomic mass is 10.0. The molecule has 4 N–H and O–H groups in total. The predicted octanol–water partition coefficient (Wildman–Crippen LogP) is 9.76. The lowest BCUT2D eigenvalue weighted by molar-refractivity contribution is 0.0272. The molecule has 340 valence electrons. The van der Waals surface area contributed by atoms with Crippen molar-refractivity contribution >= 4 is 54.7 Å². The van der Waals surface area contributed by atoms with E-state index in [9.17, 15) is 14.6 Å². The Balaban J connectivity index is 0.000000166. The van der Waals surface area contributed by atoms with Crippen molar-refractivity contribution in [2.75, 3.05) is 49.1 Å². The second-order valence-electron chi connectivity index (χ2n) is 17.0. The maximum atomic E-state index is 13.6. The molecule has 14 heteroatoms. The number of thiophene rings is 2. The number of aromatic nitrogens is 4. The molecular formula is C52H55FN8O3S2. The lowest BCUT2D eigenvalue weighted by Gasteiger charge is -2.34. The Kier molecular flexibility index (Phi) is 14.8. The van der Waals surface area contributed by atoms with Gasteiger partial charge in [0.2, 0.25) is 0 Å². The van der Waals surface area contributed by atoms with Gasteiger partial charge in [-0.3, -0.25) is 0 Å². The van der Waals surface area contributed by atoms with Gasteiger partial charge in [0, 0.05) is 78.8 Å². The van der Waals surface area contributed by atoms with E-state index in [0.29, 0.717) is 44.0 Å². The SMILES string of the molecule is Cc1ccc(-c2csc3ncnc(N4CCC(NCc5cccc(F)c5O)CC4)c23)cc1.OC(CNC1CCN(c2ncnc3scc(-c4ccccc4)c23)CC1)COCc1ccccc1. The highest BCUT2D eigenvalue weighted by atomic mass is 32.1. The number of fused-ring (bicyclic) bond motifs is 2. The zero-order valence-electron chi connectivity index (χ0n) is 37.0. The van der Waals surface area contributed by atoms with E-state index in [1.165, 1.54) is 33.9 Å². The average molecular weight is 923 g/mol. The molecule has 11 nitrogen and oxygen atoms in total. The summed E-state index contributed by atoms with van der Waals surface area (Å²) < 4.78 is 19.2. The maximum absolute atomic E-state index is 13.6. The lowest BCUT2D eigenvalue weighted by Crippen LogP contribution is -2.45. The number of nitrogens with zero attached hydrogens (tertiary/aromatic N) is 6. The molecule has 0 aliphatic carbocycles. The molecule has 2 fully saturated rings. The van der Waals surface area contributed by atoms with Crippen LogP contribution in [0, 0.1) is 12.7 Å². The van der Waals surface area contributed by atoms with Crippen LogP contribution >= 0.6 is 22.7 Å². The second-order valence-corrected chi connectivity index (χ2v) is 18.7. The van der Waals surface area contributed by atoms with E-state index >= 15 is 0 Å². The number of halogens is 1. The second kappa shape index (κ2) is 21.6. The molecule has 2 aliphatic heterocycles. The Hall–Kier alpha value is -5.87. The molecule has 8 aromatic rings. The highest BCUT2D eigenvalue weighted by Gasteiger charge is 2.26. The van der Waals surface area contributed by atoms with Gasteiger partial charge in [-0.15, -0.1) is 22.7 Å². The van der Waals surface area contributed by atoms with E-state index in [0.717, 1.165) is 89.5 Å². The quantitative estimate of drug-likeness (QED) is 0.0832. The van der Waals surface area contributed by atoms with Crippen LogP contribution in [0.3, 0.4) is 0 Å². The van der Waals surface area contributed by atoms with Crippen molar-refractivity contribution in [2.45, 2.75) is 63.9 Å². The minimum Gasteiger partial charge on any atom is -0.505 e. The molecule has 1 unspecified atom stereocenters. The predicted molar refractivity (Wildman–Crippen MR) is 266 cm³/mol. The number of aromatic hydroxyl groups is 1. The highest BCUT2D eigenvalue weighted by Crippen LogP contribution is 2.40. The third-order valence-corrected chi connectivity index (χ3v) is 14.2. The monoisotopic (exact) mass is 922 g/mol. The van der Waals surface area contributed by atoms with E-state index in [1.54, 1.807) is 47.5 Å². The first-order chi connectivity index (χ1) is 32.4. The van der Waals surface area contributed by atoms with Gasteiger partial charge in [0.1, 0.15) is 34.0 Å². The number of benzene rings is 4. The summed E-state index contributed by atoms with van der Waals surface area (Å²) in [5.74, 6) is 1.18. The molecule has 1 atom stereocenters. The smallest absolute Gasteiger partial charge is 0.165 e. The van der Waals surface area contributed by atoms with Crippen LogP contribution in [-0.4, -0.2) is 87.7 Å². The first-order valence-electron chi connectivity index (χ1n) is 22.7. The van der Waals surface area contributed by atoms with Crippen molar-refractivity contribution in [1.82, 2.24) is 30.6 Å². The Morgan fingerprint density at radius 1 is 0.682 bits per heavy atom. The van der Waals surface area contributed by atoms with E-state index in [-0.39, 0.29) is 5.75 Å². The van der Waals surface area contributed by atoms with Crippen LogP contribution in [0.1, 0.15) is 42.4 Å². The van der Waals surface area contributed by atoms with Gasteiger partial charge in [0.15, 0.2) is 11.6 Å². The minimum atomic E-state index is -0.577. The van der Waals surface area contributed by atoms with Gasteiger partial charge in [0.25, 0.3) is 0 Å². The van der Waals surface area contributed by atoms with Gasteiger partial charge in [-0.2, -0.15) is 0 Å².